The third-order valence-corrected chi connectivity index (χ3v) is 17.2. The number of piperidine rings is 2. The van der Waals surface area contributed by atoms with E-state index in [0.29, 0.717) is 86.1 Å². The molecule has 0 bridgehead atoms. The van der Waals surface area contributed by atoms with Gasteiger partial charge in [0.1, 0.15) is 33.7 Å². The molecule has 0 aromatic heterocycles. The maximum atomic E-state index is 14.3. The lowest BCUT2D eigenvalue weighted by atomic mass is 9.85. The number of phenolic OH excluding ortho intramolecular Hbond substituents is 1. The van der Waals surface area contributed by atoms with Gasteiger partial charge in [-0.1, -0.05) is 43.1 Å². The van der Waals surface area contributed by atoms with E-state index in [4.69, 9.17) is 46.9 Å². The summed E-state index contributed by atoms with van der Waals surface area (Å²) in [6.45, 7) is 24.9. The van der Waals surface area contributed by atoms with Crippen LogP contribution in [-0.4, -0.2) is 115 Å². The van der Waals surface area contributed by atoms with Crippen LogP contribution in [0.2, 0.25) is 10.0 Å². The van der Waals surface area contributed by atoms with E-state index in [2.05, 4.69) is 9.44 Å². The Labute approximate surface area is 426 Å². The molecule has 4 saturated heterocycles. The number of rotatable bonds is 16. The van der Waals surface area contributed by atoms with E-state index < -0.39 is 74.2 Å². The van der Waals surface area contributed by atoms with E-state index in [9.17, 15) is 23.8 Å². The molecule has 4 aliphatic rings. The first-order valence-corrected chi connectivity index (χ1v) is 27.5. The second-order valence-electron chi connectivity index (χ2n) is 21.5. The van der Waals surface area contributed by atoms with Crippen molar-refractivity contribution in [2.75, 3.05) is 39.4 Å². The highest BCUT2D eigenvalue weighted by atomic mass is 35.5. The molecular formula is C51H76Cl2N4O10S2. The minimum atomic E-state index is -1.45. The number of amides is 2. The number of benzene rings is 2. The van der Waals surface area contributed by atoms with Gasteiger partial charge in [0.2, 0.25) is 0 Å². The number of likely N-dealkylation sites (tertiary alicyclic amines) is 2. The summed E-state index contributed by atoms with van der Waals surface area (Å²) in [5.74, 6) is -1.47. The van der Waals surface area contributed by atoms with Crippen LogP contribution in [0.5, 0.6) is 11.5 Å². The molecule has 3 N–H and O–H groups in total. The number of ether oxygens (including phenoxy) is 5. The number of aryl methyl sites for hydroxylation is 2. The van der Waals surface area contributed by atoms with Crippen LogP contribution >= 0.6 is 23.2 Å². The number of hydrogen-bond donors (Lipinski definition) is 3. The van der Waals surface area contributed by atoms with Gasteiger partial charge in [-0.05, 0) is 161 Å². The Morgan fingerprint density at radius 1 is 0.783 bits per heavy atom. The molecule has 386 valence electrons. The van der Waals surface area contributed by atoms with Crippen LogP contribution in [0.15, 0.2) is 36.4 Å². The van der Waals surface area contributed by atoms with Crippen LogP contribution in [0.1, 0.15) is 143 Å². The van der Waals surface area contributed by atoms with Crippen LogP contribution in [-0.2, 0) is 64.1 Å². The Morgan fingerprint density at radius 3 is 1.77 bits per heavy atom. The van der Waals surface area contributed by atoms with Crippen molar-refractivity contribution in [2.45, 2.75) is 173 Å². The Balaban J connectivity index is 1.15. The minimum Gasteiger partial charge on any atom is -0.598 e. The summed E-state index contributed by atoms with van der Waals surface area (Å²) in [6.07, 6.45) is 5.19. The van der Waals surface area contributed by atoms with Crippen molar-refractivity contribution in [2.24, 2.45) is 11.8 Å². The summed E-state index contributed by atoms with van der Waals surface area (Å²) in [4.78, 5) is 31.4. The number of halogens is 2. The topological polar surface area (TPSA) is 177 Å². The highest BCUT2D eigenvalue weighted by Gasteiger charge is 2.47. The molecule has 0 aliphatic carbocycles. The molecule has 4 fully saturated rings. The van der Waals surface area contributed by atoms with Crippen LogP contribution in [0, 0.1) is 11.8 Å². The van der Waals surface area contributed by atoms with Gasteiger partial charge in [0, 0.05) is 70.1 Å². The molecule has 2 aromatic carbocycles. The molecule has 14 nitrogen and oxygen atoms in total. The zero-order chi connectivity index (χ0) is 50.8. The van der Waals surface area contributed by atoms with Gasteiger partial charge in [-0.3, -0.25) is 9.59 Å². The van der Waals surface area contributed by atoms with E-state index in [1.807, 2.05) is 84.6 Å². The summed E-state index contributed by atoms with van der Waals surface area (Å²) in [5, 5.41) is 12.3. The maximum Gasteiger partial charge on any atom is 0.254 e. The monoisotopic (exact) mass is 1040 g/mol. The molecule has 0 spiro atoms. The van der Waals surface area contributed by atoms with Crippen LogP contribution in [0.25, 0.3) is 0 Å². The average molecular weight is 1040 g/mol. The normalized spacial score (nSPS) is 24.4. The average Bonchev–Trinajstić information content (AvgIpc) is 3.82. The van der Waals surface area contributed by atoms with Crippen molar-refractivity contribution < 1.29 is 47.5 Å². The predicted molar refractivity (Wildman–Crippen MR) is 273 cm³/mol. The zero-order valence-corrected chi connectivity index (χ0v) is 45.7. The first-order valence-electron chi connectivity index (χ1n) is 24.5. The first kappa shape index (κ1) is 56.0. The van der Waals surface area contributed by atoms with Gasteiger partial charge in [-0.15, -0.1) is 9.44 Å². The highest BCUT2D eigenvalue weighted by molar-refractivity contribution is 7.91. The number of phenols is 1. The number of hydrogen-bond acceptors (Lipinski definition) is 12. The van der Waals surface area contributed by atoms with Crippen molar-refractivity contribution in [3.05, 3.63) is 68.7 Å². The Kier molecular flexibility index (Phi) is 18.5. The van der Waals surface area contributed by atoms with E-state index >= 15 is 0 Å². The lowest BCUT2D eigenvalue weighted by molar-refractivity contribution is -0.161. The fourth-order valence-corrected chi connectivity index (χ4v) is 11.8. The van der Waals surface area contributed by atoms with Crippen LogP contribution in [0.4, 0.5) is 0 Å². The third kappa shape index (κ3) is 14.1. The lowest BCUT2D eigenvalue weighted by Crippen LogP contribution is -2.49. The van der Waals surface area contributed by atoms with Gasteiger partial charge >= 0.3 is 0 Å². The van der Waals surface area contributed by atoms with Crippen molar-refractivity contribution in [1.82, 2.24) is 19.2 Å². The van der Waals surface area contributed by atoms with Gasteiger partial charge in [0.05, 0.1) is 18.7 Å². The molecule has 18 heteroatoms. The Morgan fingerprint density at radius 2 is 1.28 bits per heavy atom. The van der Waals surface area contributed by atoms with Gasteiger partial charge in [-0.2, -0.15) is 0 Å². The summed E-state index contributed by atoms with van der Waals surface area (Å²) >= 11 is 10.7. The molecule has 0 saturated carbocycles. The fourth-order valence-electron chi connectivity index (χ4n) is 9.35. The molecular weight excluding hydrogens is 964 g/mol. The van der Waals surface area contributed by atoms with Gasteiger partial charge < -0.3 is 47.7 Å². The van der Waals surface area contributed by atoms with Crippen molar-refractivity contribution in [1.29, 1.82) is 0 Å². The van der Waals surface area contributed by atoms with E-state index in [-0.39, 0.29) is 42.6 Å². The molecule has 7 atom stereocenters. The van der Waals surface area contributed by atoms with Gasteiger partial charge in [0.15, 0.2) is 23.8 Å². The van der Waals surface area contributed by atoms with Crippen molar-refractivity contribution in [3.8, 4) is 11.5 Å². The Bertz CT molecular complexity index is 2140. The number of aromatic hydroxyl groups is 1. The Hall–Kier alpha value is -2.32. The van der Waals surface area contributed by atoms with Crippen molar-refractivity contribution >= 4 is 57.7 Å². The molecule has 4 aliphatic heterocycles. The number of nitrogens with zero attached hydrogens (tertiary/aromatic N) is 2. The highest BCUT2D eigenvalue weighted by Crippen LogP contribution is 2.42. The molecule has 1 unspecified atom stereocenters. The maximum absolute atomic E-state index is 14.3. The lowest BCUT2D eigenvalue weighted by Gasteiger charge is -2.38. The zero-order valence-electron chi connectivity index (χ0n) is 42.6. The van der Waals surface area contributed by atoms with E-state index in [1.165, 1.54) is 0 Å². The van der Waals surface area contributed by atoms with E-state index in [1.54, 1.807) is 44.7 Å². The second kappa shape index (κ2) is 22.8. The summed E-state index contributed by atoms with van der Waals surface area (Å²) < 4.78 is 63.6. The largest absolute Gasteiger partial charge is 0.598 e. The minimum absolute atomic E-state index is 0.00493. The molecule has 2 aromatic rings. The molecule has 69 heavy (non-hydrogen) atoms. The second-order valence-corrected chi connectivity index (χ2v) is 26.4. The van der Waals surface area contributed by atoms with Crippen LogP contribution in [0.3, 0.4) is 0 Å². The third-order valence-electron chi connectivity index (χ3n) is 13.3. The van der Waals surface area contributed by atoms with E-state index in [0.717, 1.165) is 16.7 Å². The molecule has 2 amide bonds. The van der Waals surface area contributed by atoms with Crippen molar-refractivity contribution in [3.63, 3.8) is 0 Å². The SMILES string of the molecule is CCc1cc(O)c([C@H](N[S@@+]([O-])C(C)(C)C)C2CCN(C(=O)[C@@H]3OC(C)(C)OC3C=CCOc3cc(CC)c(Cl)cc3[C@H](N[S@@+]([O-])C(C)(C)C)C3CCN(C(=O)[C@H]4COC(C)(C)O4)CC3)CC2)cc1Cl. The van der Waals surface area contributed by atoms with Gasteiger partial charge in [-0.25, -0.2) is 0 Å². The number of nitrogens with one attached hydrogen (secondary N) is 2. The predicted octanol–water partition coefficient (Wildman–Crippen LogP) is 8.79. The summed E-state index contributed by atoms with van der Waals surface area (Å²) in [5.41, 5.74) is 3.10. The van der Waals surface area contributed by atoms with Crippen LogP contribution < -0.4 is 14.2 Å². The standard InChI is InChI=1S/C51H76Cl2N4O10S2/c1-13-31-26-39(58)35(28-37(31)52)43(54-68(61)48(3,4)5)33-19-23-57(24-20-33)47(60)45-40(65-51(11,12)67-45)16-15-25-63-41-27-32(14-2)38(53)29-36(41)44(55-69(62)49(6,7)8)34-17-21-56(22-18-34)46(59)42-30-64-50(9,10)66-42/h15-16,26-29,33-34,40,42-45,54-55,58H,13-14,17-25,30H2,1-12H3/t40?,42-,43-,44-,45-,68+,69+/m1/s1. The number of carbonyl (C=O) groups is 2. The molecule has 0 radical (unpaired) electrons. The van der Waals surface area contributed by atoms with Gasteiger partial charge in [0.25, 0.3) is 11.8 Å². The number of carbonyl (C=O) groups excluding carboxylic acids is 2. The fraction of sp³-hybridized carbons (Fsp3) is 0.686. The smallest absolute Gasteiger partial charge is 0.254 e. The quantitative estimate of drug-likeness (QED) is 0.108. The summed E-state index contributed by atoms with van der Waals surface area (Å²) in [7, 11) is 0. The molecule has 4 heterocycles. The summed E-state index contributed by atoms with van der Waals surface area (Å²) in [6, 6.07) is 6.45. The first-order chi connectivity index (χ1) is 32.2. The molecule has 6 rings (SSSR count).